The molecule has 1 rings (SSSR count). The van der Waals surface area contributed by atoms with Crippen LogP contribution in [0.4, 0.5) is 0 Å². The van der Waals surface area contributed by atoms with E-state index < -0.39 is 0 Å². The summed E-state index contributed by atoms with van der Waals surface area (Å²) in [7, 11) is 0. The van der Waals surface area contributed by atoms with Crippen LogP contribution in [0.25, 0.3) is 0 Å². The van der Waals surface area contributed by atoms with Crippen LogP contribution in [-0.4, -0.2) is 29.0 Å². The van der Waals surface area contributed by atoms with Crippen molar-refractivity contribution in [3.63, 3.8) is 0 Å². The van der Waals surface area contributed by atoms with Crippen molar-refractivity contribution in [3.05, 3.63) is 27.3 Å². The zero-order chi connectivity index (χ0) is 14.4. The fraction of sp³-hybridized carbons (Fsp3) is 0.429. The number of halogens is 1. The number of phenols is 1. The first-order valence-corrected chi connectivity index (χ1v) is 7.18. The molecule has 0 heterocycles. The van der Waals surface area contributed by atoms with Gasteiger partial charge in [0.05, 0.1) is 16.1 Å². The van der Waals surface area contributed by atoms with Crippen LogP contribution in [0.2, 0.25) is 0 Å². The molecular weight excluding hydrogens is 355 g/mol. The predicted octanol–water partition coefficient (Wildman–Crippen LogP) is 3.01. The normalized spacial score (nSPS) is 10.3. The minimum absolute atomic E-state index is 0.108. The molecule has 0 aliphatic heterocycles. The van der Waals surface area contributed by atoms with Crippen molar-refractivity contribution in [1.29, 1.82) is 5.26 Å². The summed E-state index contributed by atoms with van der Waals surface area (Å²) in [5.41, 5.74) is 0.455. The number of phenolic OH excluding ortho intramolecular Hbond substituents is 1. The van der Waals surface area contributed by atoms with Crippen LogP contribution >= 0.6 is 22.6 Å². The molecule has 0 aliphatic rings. The summed E-state index contributed by atoms with van der Waals surface area (Å²) in [6, 6.07) is 6.94. The number of nitriles is 1. The molecular formula is C14H17IN2O2. The Morgan fingerprint density at radius 1 is 1.53 bits per heavy atom. The van der Waals surface area contributed by atoms with Gasteiger partial charge in [0.1, 0.15) is 5.75 Å². The van der Waals surface area contributed by atoms with Gasteiger partial charge in [0.2, 0.25) is 0 Å². The molecule has 0 aromatic heterocycles. The van der Waals surface area contributed by atoms with E-state index in [1.807, 2.05) is 36.4 Å². The molecule has 5 heteroatoms. The molecule has 0 saturated heterocycles. The second kappa shape index (κ2) is 7.34. The lowest BCUT2D eigenvalue weighted by atomic mass is 10.1. The molecule has 0 fully saturated rings. The molecule has 0 spiro atoms. The van der Waals surface area contributed by atoms with E-state index in [4.69, 9.17) is 5.26 Å². The SMILES string of the molecule is CC(C)CN(CCC#N)C(=O)c1ccc(I)c(O)c1. The van der Waals surface area contributed by atoms with E-state index in [0.29, 0.717) is 34.6 Å². The van der Waals surface area contributed by atoms with Gasteiger partial charge >= 0.3 is 0 Å². The minimum atomic E-state index is -0.143. The Morgan fingerprint density at radius 2 is 2.21 bits per heavy atom. The number of carbonyl (C=O) groups excluding carboxylic acids is 1. The Balaban J connectivity index is 2.91. The number of benzene rings is 1. The van der Waals surface area contributed by atoms with Gasteiger partial charge in [-0.3, -0.25) is 4.79 Å². The van der Waals surface area contributed by atoms with Crippen molar-refractivity contribution in [3.8, 4) is 11.8 Å². The quantitative estimate of drug-likeness (QED) is 0.809. The minimum Gasteiger partial charge on any atom is -0.507 e. The van der Waals surface area contributed by atoms with Gasteiger partial charge in [0.15, 0.2) is 0 Å². The number of aromatic hydroxyl groups is 1. The van der Waals surface area contributed by atoms with Crippen LogP contribution in [-0.2, 0) is 0 Å². The predicted molar refractivity (Wildman–Crippen MR) is 81.8 cm³/mol. The van der Waals surface area contributed by atoms with Gasteiger partial charge in [-0.25, -0.2) is 0 Å². The van der Waals surface area contributed by atoms with Crippen LogP contribution in [0, 0.1) is 20.8 Å². The van der Waals surface area contributed by atoms with Crippen LogP contribution in [0.15, 0.2) is 18.2 Å². The average molecular weight is 372 g/mol. The molecule has 0 unspecified atom stereocenters. The molecule has 0 bridgehead atoms. The van der Waals surface area contributed by atoms with E-state index in [0.717, 1.165) is 0 Å². The third-order valence-corrected chi connectivity index (χ3v) is 3.47. The summed E-state index contributed by atoms with van der Waals surface area (Å²) in [6.07, 6.45) is 0.314. The van der Waals surface area contributed by atoms with Gasteiger partial charge in [-0.05, 0) is 46.7 Å². The second-order valence-electron chi connectivity index (χ2n) is 4.72. The standard InChI is InChI=1S/C14H17IN2O2/c1-10(2)9-17(7-3-6-16)14(19)11-4-5-12(15)13(18)8-11/h4-5,8,10,18H,3,7,9H2,1-2H3. The van der Waals surface area contributed by atoms with Gasteiger partial charge in [-0.1, -0.05) is 13.8 Å². The van der Waals surface area contributed by atoms with Gasteiger partial charge in [0.25, 0.3) is 5.91 Å². The zero-order valence-corrected chi connectivity index (χ0v) is 13.2. The number of nitrogens with zero attached hydrogens (tertiary/aromatic N) is 2. The molecule has 1 N–H and O–H groups in total. The topological polar surface area (TPSA) is 64.3 Å². The van der Waals surface area contributed by atoms with Crippen LogP contribution in [0.5, 0.6) is 5.75 Å². The van der Waals surface area contributed by atoms with E-state index >= 15 is 0 Å². The molecule has 0 atom stereocenters. The van der Waals surface area contributed by atoms with Gasteiger partial charge in [0, 0.05) is 18.7 Å². The fourth-order valence-corrected chi connectivity index (χ4v) is 2.07. The summed E-state index contributed by atoms with van der Waals surface area (Å²) in [5.74, 6) is 0.298. The zero-order valence-electron chi connectivity index (χ0n) is 11.1. The molecule has 0 aliphatic carbocycles. The molecule has 1 aromatic carbocycles. The number of carbonyl (C=O) groups is 1. The van der Waals surface area contributed by atoms with Crippen molar-refractivity contribution < 1.29 is 9.90 Å². The van der Waals surface area contributed by atoms with Gasteiger partial charge < -0.3 is 10.0 Å². The van der Waals surface area contributed by atoms with Crippen LogP contribution in [0.3, 0.4) is 0 Å². The summed E-state index contributed by atoms with van der Waals surface area (Å²) in [6.45, 7) is 5.07. The monoisotopic (exact) mass is 372 g/mol. The summed E-state index contributed by atoms with van der Waals surface area (Å²) < 4.78 is 0.710. The number of rotatable bonds is 5. The van der Waals surface area contributed by atoms with E-state index in [1.54, 1.807) is 17.0 Å². The highest BCUT2D eigenvalue weighted by Gasteiger charge is 2.17. The lowest BCUT2D eigenvalue weighted by Crippen LogP contribution is -2.35. The lowest BCUT2D eigenvalue weighted by molar-refractivity contribution is 0.0739. The van der Waals surface area contributed by atoms with Crippen molar-refractivity contribution >= 4 is 28.5 Å². The summed E-state index contributed by atoms with van der Waals surface area (Å²) in [5, 5.41) is 18.3. The smallest absolute Gasteiger partial charge is 0.254 e. The van der Waals surface area contributed by atoms with Crippen molar-refractivity contribution in [2.45, 2.75) is 20.3 Å². The largest absolute Gasteiger partial charge is 0.507 e. The highest BCUT2D eigenvalue weighted by molar-refractivity contribution is 14.1. The van der Waals surface area contributed by atoms with Gasteiger partial charge in [-0.2, -0.15) is 5.26 Å². The van der Waals surface area contributed by atoms with E-state index in [9.17, 15) is 9.90 Å². The van der Waals surface area contributed by atoms with Crippen LogP contribution < -0.4 is 0 Å². The molecule has 102 valence electrons. The Labute approximate surface area is 127 Å². The van der Waals surface area contributed by atoms with Crippen molar-refractivity contribution in [2.75, 3.05) is 13.1 Å². The van der Waals surface area contributed by atoms with Crippen molar-refractivity contribution in [1.82, 2.24) is 4.90 Å². The van der Waals surface area contributed by atoms with Crippen molar-refractivity contribution in [2.24, 2.45) is 5.92 Å². The maximum atomic E-state index is 12.4. The molecule has 1 amide bonds. The highest BCUT2D eigenvalue weighted by atomic mass is 127. The number of amides is 1. The second-order valence-corrected chi connectivity index (χ2v) is 5.88. The van der Waals surface area contributed by atoms with E-state index in [-0.39, 0.29) is 11.7 Å². The summed E-state index contributed by atoms with van der Waals surface area (Å²) in [4.78, 5) is 14.0. The number of hydrogen-bond acceptors (Lipinski definition) is 3. The molecule has 0 radical (unpaired) electrons. The highest BCUT2D eigenvalue weighted by Crippen LogP contribution is 2.21. The first-order valence-electron chi connectivity index (χ1n) is 6.10. The Morgan fingerprint density at radius 3 is 2.74 bits per heavy atom. The lowest BCUT2D eigenvalue weighted by Gasteiger charge is -2.23. The van der Waals surface area contributed by atoms with E-state index in [1.165, 1.54) is 6.07 Å². The molecule has 0 saturated carbocycles. The summed E-state index contributed by atoms with van der Waals surface area (Å²) >= 11 is 2.01. The van der Waals surface area contributed by atoms with E-state index in [2.05, 4.69) is 6.07 Å². The fourth-order valence-electron chi connectivity index (χ4n) is 1.73. The third kappa shape index (κ3) is 4.71. The third-order valence-electron chi connectivity index (χ3n) is 2.56. The maximum absolute atomic E-state index is 12.4. The molecule has 19 heavy (non-hydrogen) atoms. The number of hydrogen-bond donors (Lipinski definition) is 1. The first kappa shape index (κ1) is 15.8. The molecule has 1 aromatic rings. The van der Waals surface area contributed by atoms with Gasteiger partial charge in [-0.15, -0.1) is 0 Å². The maximum Gasteiger partial charge on any atom is 0.254 e. The van der Waals surface area contributed by atoms with Crippen LogP contribution in [0.1, 0.15) is 30.6 Å². The first-order chi connectivity index (χ1) is 8.95. The Hall–Kier alpha value is -1.29. The average Bonchev–Trinajstić information content (AvgIpc) is 2.36. The Bertz CT molecular complexity index is 495. The Kier molecular flexibility index (Phi) is 6.09. The molecule has 4 nitrogen and oxygen atoms in total.